The Morgan fingerprint density at radius 1 is 0.902 bits per heavy atom. The fourth-order valence-electron chi connectivity index (χ4n) is 4.97. The second kappa shape index (κ2) is 11.4. The summed E-state index contributed by atoms with van der Waals surface area (Å²) in [4.78, 5) is 30.2. The number of ether oxygens (including phenoxy) is 1. The van der Waals surface area contributed by atoms with Gasteiger partial charge in [-0.25, -0.2) is 9.78 Å². The molecule has 41 heavy (non-hydrogen) atoms. The minimum Gasteiger partial charge on any atom is -0.462 e. The molecule has 4 aromatic carbocycles. The number of carbonyl (C=O) groups excluding carboxylic acids is 2. The van der Waals surface area contributed by atoms with Crippen LogP contribution in [0.15, 0.2) is 116 Å². The zero-order valence-corrected chi connectivity index (χ0v) is 22.5. The van der Waals surface area contributed by atoms with Crippen LogP contribution in [0.4, 0.5) is 11.4 Å². The molecule has 0 fully saturated rings. The molecular weight excluding hydrogens is 512 g/mol. The lowest BCUT2D eigenvalue weighted by molar-refractivity contribution is -0.110. The maximum atomic E-state index is 13.3. The Hall–Kier alpha value is -5.43. The van der Waals surface area contributed by atoms with Crippen molar-refractivity contribution in [2.75, 3.05) is 17.2 Å². The lowest BCUT2D eigenvalue weighted by Gasteiger charge is -2.15. The van der Waals surface area contributed by atoms with E-state index in [1.807, 2.05) is 85.2 Å². The second-order valence-electron chi connectivity index (χ2n) is 9.62. The molecule has 0 bridgehead atoms. The van der Waals surface area contributed by atoms with Crippen molar-refractivity contribution in [3.63, 3.8) is 0 Å². The van der Waals surface area contributed by atoms with Gasteiger partial charge in [0.2, 0.25) is 0 Å². The molecule has 0 saturated carbocycles. The molecule has 7 heteroatoms. The number of rotatable bonds is 8. The van der Waals surface area contributed by atoms with Crippen LogP contribution in [0.1, 0.15) is 34.0 Å². The highest BCUT2D eigenvalue weighted by atomic mass is 16.5. The molecule has 0 radical (unpaired) electrons. The summed E-state index contributed by atoms with van der Waals surface area (Å²) in [6.45, 7) is 2.77. The van der Waals surface area contributed by atoms with Crippen LogP contribution >= 0.6 is 0 Å². The van der Waals surface area contributed by atoms with Crippen LogP contribution in [-0.2, 0) is 16.1 Å². The highest BCUT2D eigenvalue weighted by molar-refractivity contribution is 6.37. The number of hydrogen-bond donors (Lipinski definition) is 2. The minimum absolute atomic E-state index is 0.244. The number of nitrogens with zero attached hydrogens (tertiary/aromatic N) is 2. The van der Waals surface area contributed by atoms with Gasteiger partial charge in [-0.15, -0.1) is 0 Å². The van der Waals surface area contributed by atoms with Gasteiger partial charge in [-0.3, -0.25) is 4.79 Å². The first kappa shape index (κ1) is 25.8. The predicted molar refractivity (Wildman–Crippen MR) is 161 cm³/mol. The van der Waals surface area contributed by atoms with Gasteiger partial charge in [0.25, 0.3) is 5.91 Å². The molecule has 2 N–H and O–H groups in total. The Labute approximate surface area is 238 Å². The standard InChI is InChI=1S/C34H28N4O3/c1-2-41-34(40)26-15-18-28-29(21-26)37-33(39)30(28)31(24-11-7-4-8-12-24)36-27-16-13-25(14-17-27)32-35-19-20-38(32)22-23-9-5-3-6-10-23/h3-21,36H,2,22H2,1H3,(H,37,39). The highest BCUT2D eigenvalue weighted by Gasteiger charge is 2.29. The number of hydrogen-bond acceptors (Lipinski definition) is 5. The summed E-state index contributed by atoms with van der Waals surface area (Å²) in [6, 6.07) is 33.2. The summed E-state index contributed by atoms with van der Waals surface area (Å²) in [5, 5.41) is 6.41. The lowest BCUT2D eigenvalue weighted by atomic mass is 9.99. The van der Waals surface area contributed by atoms with E-state index >= 15 is 0 Å². The van der Waals surface area contributed by atoms with Gasteiger partial charge in [0, 0.05) is 35.8 Å². The van der Waals surface area contributed by atoms with Gasteiger partial charge in [-0.05, 0) is 54.4 Å². The minimum atomic E-state index is -0.423. The quantitative estimate of drug-likeness (QED) is 0.169. The highest BCUT2D eigenvalue weighted by Crippen LogP contribution is 2.38. The summed E-state index contributed by atoms with van der Waals surface area (Å²) < 4.78 is 7.25. The van der Waals surface area contributed by atoms with Gasteiger partial charge >= 0.3 is 5.97 Å². The molecule has 0 unspecified atom stereocenters. The average molecular weight is 541 g/mol. The van der Waals surface area contributed by atoms with Crippen molar-refractivity contribution in [1.82, 2.24) is 9.55 Å². The van der Waals surface area contributed by atoms with Crippen molar-refractivity contribution in [3.8, 4) is 11.4 Å². The second-order valence-corrected chi connectivity index (χ2v) is 9.62. The van der Waals surface area contributed by atoms with Crippen molar-refractivity contribution in [3.05, 3.63) is 138 Å². The van der Waals surface area contributed by atoms with Crippen LogP contribution < -0.4 is 10.6 Å². The molecule has 202 valence electrons. The smallest absolute Gasteiger partial charge is 0.338 e. The number of nitrogens with one attached hydrogen (secondary N) is 2. The zero-order valence-electron chi connectivity index (χ0n) is 22.5. The number of aromatic nitrogens is 2. The first-order valence-electron chi connectivity index (χ1n) is 13.5. The SMILES string of the molecule is CCOC(=O)c1ccc2c(c1)NC(=O)C2=C(Nc1ccc(-c2nccn2Cc2ccccc2)cc1)c1ccccc1. The summed E-state index contributed by atoms with van der Waals surface area (Å²) in [6.07, 6.45) is 3.79. The summed E-state index contributed by atoms with van der Waals surface area (Å²) in [7, 11) is 0. The van der Waals surface area contributed by atoms with Crippen LogP contribution in [-0.4, -0.2) is 28.0 Å². The van der Waals surface area contributed by atoms with Crippen molar-refractivity contribution >= 4 is 34.5 Å². The largest absolute Gasteiger partial charge is 0.462 e. The Balaban J connectivity index is 1.33. The van der Waals surface area contributed by atoms with E-state index in [0.717, 1.165) is 29.2 Å². The van der Waals surface area contributed by atoms with Crippen molar-refractivity contribution in [2.24, 2.45) is 0 Å². The Morgan fingerprint density at radius 3 is 2.37 bits per heavy atom. The Bertz CT molecular complexity index is 1740. The van der Waals surface area contributed by atoms with Crippen molar-refractivity contribution in [1.29, 1.82) is 0 Å². The van der Waals surface area contributed by atoms with Gasteiger partial charge in [0.05, 0.1) is 29.1 Å². The molecule has 7 nitrogen and oxygen atoms in total. The van der Waals surface area contributed by atoms with E-state index in [4.69, 9.17) is 4.74 Å². The number of amides is 1. The predicted octanol–water partition coefficient (Wildman–Crippen LogP) is 6.71. The first-order chi connectivity index (χ1) is 20.1. The average Bonchev–Trinajstić information content (AvgIpc) is 3.60. The van der Waals surface area contributed by atoms with Crippen molar-refractivity contribution in [2.45, 2.75) is 13.5 Å². The number of anilines is 2. The molecule has 1 aliphatic rings. The van der Waals surface area contributed by atoms with Crippen LogP contribution in [0.2, 0.25) is 0 Å². The summed E-state index contributed by atoms with van der Waals surface area (Å²) >= 11 is 0. The number of benzene rings is 4. The van der Waals surface area contributed by atoms with E-state index in [1.54, 1.807) is 25.1 Å². The van der Waals surface area contributed by atoms with E-state index in [0.29, 0.717) is 28.1 Å². The van der Waals surface area contributed by atoms with Gasteiger partial charge in [-0.1, -0.05) is 66.7 Å². The summed E-state index contributed by atoms with van der Waals surface area (Å²) in [5.41, 5.74) is 6.73. The molecule has 0 spiro atoms. The number of carbonyl (C=O) groups is 2. The van der Waals surface area contributed by atoms with Gasteiger partial charge in [-0.2, -0.15) is 0 Å². The Morgan fingerprint density at radius 2 is 1.63 bits per heavy atom. The lowest BCUT2D eigenvalue weighted by Crippen LogP contribution is -2.10. The first-order valence-corrected chi connectivity index (χ1v) is 13.5. The molecule has 1 aromatic heterocycles. The zero-order chi connectivity index (χ0) is 28.2. The third kappa shape index (κ3) is 5.38. The third-order valence-corrected chi connectivity index (χ3v) is 6.91. The molecule has 0 atom stereocenters. The molecule has 1 aliphatic heterocycles. The van der Waals surface area contributed by atoms with Gasteiger partial charge in [0.1, 0.15) is 5.82 Å². The van der Waals surface area contributed by atoms with Crippen LogP contribution in [0, 0.1) is 0 Å². The van der Waals surface area contributed by atoms with E-state index in [1.165, 1.54) is 5.56 Å². The molecule has 5 aromatic rings. The topological polar surface area (TPSA) is 85.2 Å². The third-order valence-electron chi connectivity index (χ3n) is 6.91. The molecule has 0 saturated heterocycles. The fraction of sp³-hybridized carbons (Fsp3) is 0.0882. The molecule has 1 amide bonds. The molecular formula is C34H28N4O3. The summed E-state index contributed by atoms with van der Waals surface area (Å²) in [5.74, 6) is 0.211. The van der Waals surface area contributed by atoms with Gasteiger partial charge < -0.3 is 19.9 Å². The van der Waals surface area contributed by atoms with Crippen molar-refractivity contribution < 1.29 is 14.3 Å². The fourth-order valence-corrected chi connectivity index (χ4v) is 4.97. The Kier molecular flexibility index (Phi) is 7.15. The number of esters is 1. The van der Waals surface area contributed by atoms with Crippen LogP contribution in [0.3, 0.4) is 0 Å². The van der Waals surface area contributed by atoms with Crippen LogP contribution in [0.25, 0.3) is 22.7 Å². The van der Waals surface area contributed by atoms with E-state index in [9.17, 15) is 9.59 Å². The van der Waals surface area contributed by atoms with E-state index in [-0.39, 0.29) is 12.5 Å². The van der Waals surface area contributed by atoms with E-state index in [2.05, 4.69) is 32.3 Å². The number of fused-ring (bicyclic) bond motifs is 1. The molecule has 0 aliphatic carbocycles. The maximum absolute atomic E-state index is 13.3. The van der Waals surface area contributed by atoms with Crippen LogP contribution in [0.5, 0.6) is 0 Å². The maximum Gasteiger partial charge on any atom is 0.338 e. The number of imidazole rings is 1. The molecule has 2 heterocycles. The monoisotopic (exact) mass is 540 g/mol. The van der Waals surface area contributed by atoms with E-state index < -0.39 is 5.97 Å². The van der Waals surface area contributed by atoms with Gasteiger partial charge in [0.15, 0.2) is 0 Å². The molecule has 6 rings (SSSR count). The normalized spacial score (nSPS) is 13.3.